The number of nitrogens with one attached hydrogen (secondary N) is 1. The van der Waals surface area contributed by atoms with Crippen molar-refractivity contribution in [1.82, 2.24) is 4.98 Å². The lowest BCUT2D eigenvalue weighted by Gasteiger charge is -1.86. The van der Waals surface area contributed by atoms with Crippen LogP contribution in [0.1, 0.15) is 5.69 Å². The highest BCUT2D eigenvalue weighted by atomic mass is 32.1. The van der Waals surface area contributed by atoms with Gasteiger partial charge >= 0.3 is 0 Å². The summed E-state index contributed by atoms with van der Waals surface area (Å²) in [6, 6.07) is 0. The molecule has 1 rings (SSSR count). The van der Waals surface area contributed by atoms with Crippen LogP contribution in [-0.2, 0) is 4.79 Å². The molecular formula is C7H9N3OS. The first-order valence-corrected chi connectivity index (χ1v) is 4.21. The largest absolute Gasteiger partial charge is 0.366 e. The summed E-state index contributed by atoms with van der Waals surface area (Å²) >= 11 is 1.48. The molecular weight excluding hydrogens is 174 g/mol. The number of amides is 1. The Morgan fingerprint density at radius 1 is 1.83 bits per heavy atom. The normalized spacial score (nSPS) is 10.4. The van der Waals surface area contributed by atoms with Crippen molar-refractivity contribution in [3.8, 4) is 0 Å². The van der Waals surface area contributed by atoms with E-state index in [1.807, 2.05) is 5.38 Å². The highest BCUT2D eigenvalue weighted by Crippen LogP contribution is 2.14. The number of carbonyl (C=O) groups is 1. The topological polar surface area (TPSA) is 68.0 Å². The van der Waals surface area contributed by atoms with Gasteiger partial charge in [0.1, 0.15) is 0 Å². The van der Waals surface area contributed by atoms with E-state index in [0.717, 1.165) is 10.8 Å². The molecule has 0 unspecified atom stereocenters. The average molecular weight is 183 g/mol. The molecule has 0 fully saturated rings. The van der Waals surface area contributed by atoms with Crippen LogP contribution in [0.3, 0.4) is 0 Å². The summed E-state index contributed by atoms with van der Waals surface area (Å²) in [6.45, 7) is 0. The van der Waals surface area contributed by atoms with Gasteiger partial charge in [-0.1, -0.05) is 0 Å². The summed E-state index contributed by atoms with van der Waals surface area (Å²) in [5.74, 6) is -0.464. The van der Waals surface area contributed by atoms with E-state index < -0.39 is 5.91 Å². The Labute approximate surface area is 74.1 Å². The van der Waals surface area contributed by atoms with Crippen molar-refractivity contribution in [2.75, 3.05) is 12.4 Å². The molecule has 0 atom stereocenters. The molecule has 1 aromatic rings. The van der Waals surface area contributed by atoms with Crippen LogP contribution in [0, 0.1) is 0 Å². The molecule has 0 radical (unpaired) electrons. The fourth-order valence-corrected chi connectivity index (χ4v) is 1.28. The van der Waals surface area contributed by atoms with Crippen LogP contribution in [-0.4, -0.2) is 17.9 Å². The predicted octanol–water partition coefficient (Wildman–Crippen LogP) is 0.683. The van der Waals surface area contributed by atoms with E-state index in [9.17, 15) is 4.79 Å². The van der Waals surface area contributed by atoms with E-state index in [2.05, 4.69) is 10.3 Å². The van der Waals surface area contributed by atoms with Crippen molar-refractivity contribution in [2.45, 2.75) is 0 Å². The molecule has 64 valence electrons. The molecule has 0 saturated carbocycles. The second-order valence-corrected chi connectivity index (χ2v) is 2.92. The van der Waals surface area contributed by atoms with Crippen LogP contribution in [0.2, 0.25) is 0 Å². The first kappa shape index (κ1) is 8.73. The number of anilines is 1. The summed E-state index contributed by atoms with van der Waals surface area (Å²) in [5, 5.41) is 5.55. The Morgan fingerprint density at radius 3 is 3.08 bits per heavy atom. The lowest BCUT2D eigenvalue weighted by molar-refractivity contribution is -0.113. The zero-order valence-electron chi connectivity index (χ0n) is 6.57. The third kappa shape index (κ3) is 2.35. The summed E-state index contributed by atoms with van der Waals surface area (Å²) < 4.78 is 0. The summed E-state index contributed by atoms with van der Waals surface area (Å²) in [4.78, 5) is 14.5. The van der Waals surface area contributed by atoms with Crippen molar-refractivity contribution >= 4 is 28.5 Å². The molecule has 0 saturated heterocycles. The third-order valence-electron chi connectivity index (χ3n) is 1.15. The van der Waals surface area contributed by atoms with Crippen LogP contribution in [0.25, 0.3) is 6.08 Å². The van der Waals surface area contributed by atoms with Gasteiger partial charge in [-0.25, -0.2) is 4.98 Å². The number of primary amides is 1. The quantitative estimate of drug-likeness (QED) is 0.677. The van der Waals surface area contributed by atoms with E-state index in [4.69, 9.17) is 5.73 Å². The van der Waals surface area contributed by atoms with Crippen LogP contribution in [0.5, 0.6) is 0 Å². The molecule has 0 aliphatic heterocycles. The number of rotatable bonds is 3. The van der Waals surface area contributed by atoms with Gasteiger partial charge in [-0.05, 0) is 6.08 Å². The van der Waals surface area contributed by atoms with Crippen LogP contribution in [0.15, 0.2) is 11.5 Å². The van der Waals surface area contributed by atoms with Crippen molar-refractivity contribution in [3.05, 3.63) is 17.2 Å². The maximum Gasteiger partial charge on any atom is 0.241 e. The van der Waals surface area contributed by atoms with E-state index in [-0.39, 0.29) is 0 Å². The smallest absolute Gasteiger partial charge is 0.241 e. The molecule has 0 bridgehead atoms. The van der Waals surface area contributed by atoms with Gasteiger partial charge in [0.15, 0.2) is 5.13 Å². The Balaban J connectivity index is 2.70. The molecule has 1 aromatic heterocycles. The Kier molecular flexibility index (Phi) is 2.82. The molecule has 12 heavy (non-hydrogen) atoms. The van der Waals surface area contributed by atoms with Gasteiger partial charge in [0, 0.05) is 18.5 Å². The zero-order chi connectivity index (χ0) is 8.97. The molecule has 0 aliphatic carbocycles. The first-order chi connectivity index (χ1) is 5.72. The minimum Gasteiger partial charge on any atom is -0.366 e. The Morgan fingerprint density at radius 2 is 2.58 bits per heavy atom. The predicted molar refractivity (Wildman–Crippen MR) is 49.9 cm³/mol. The first-order valence-electron chi connectivity index (χ1n) is 3.33. The maximum absolute atomic E-state index is 10.3. The fourth-order valence-electron chi connectivity index (χ4n) is 0.645. The van der Waals surface area contributed by atoms with Gasteiger partial charge in [-0.3, -0.25) is 4.79 Å². The summed E-state index contributed by atoms with van der Waals surface area (Å²) in [5.41, 5.74) is 5.65. The second kappa shape index (κ2) is 3.87. The van der Waals surface area contributed by atoms with E-state index >= 15 is 0 Å². The molecule has 5 heteroatoms. The van der Waals surface area contributed by atoms with Crippen molar-refractivity contribution in [1.29, 1.82) is 0 Å². The molecule has 4 nitrogen and oxygen atoms in total. The van der Waals surface area contributed by atoms with Gasteiger partial charge in [0.05, 0.1) is 5.69 Å². The number of hydrogen-bond donors (Lipinski definition) is 2. The number of aromatic nitrogens is 1. The van der Waals surface area contributed by atoms with Crippen molar-refractivity contribution in [3.63, 3.8) is 0 Å². The van der Waals surface area contributed by atoms with Crippen molar-refractivity contribution in [2.24, 2.45) is 5.73 Å². The minimum atomic E-state index is -0.464. The maximum atomic E-state index is 10.3. The number of hydrogen-bond acceptors (Lipinski definition) is 4. The average Bonchev–Trinajstić information content (AvgIpc) is 2.48. The van der Waals surface area contributed by atoms with Gasteiger partial charge in [-0.15, -0.1) is 11.3 Å². The molecule has 0 aromatic carbocycles. The molecule has 0 aliphatic rings. The summed E-state index contributed by atoms with van der Waals surface area (Å²) in [6.07, 6.45) is 2.87. The molecule has 1 amide bonds. The van der Waals surface area contributed by atoms with Gasteiger partial charge < -0.3 is 11.1 Å². The Hall–Kier alpha value is -1.36. The highest BCUT2D eigenvalue weighted by Gasteiger charge is 1.95. The highest BCUT2D eigenvalue weighted by molar-refractivity contribution is 7.13. The van der Waals surface area contributed by atoms with E-state index in [1.165, 1.54) is 17.4 Å². The molecule has 3 N–H and O–H groups in total. The fraction of sp³-hybridized carbons (Fsp3) is 0.143. The van der Waals surface area contributed by atoms with Crippen LogP contribution >= 0.6 is 11.3 Å². The molecule has 1 heterocycles. The number of thiazole rings is 1. The van der Waals surface area contributed by atoms with Gasteiger partial charge in [-0.2, -0.15) is 0 Å². The standard InChI is InChI=1S/C7H9N3OS/c1-9-7-10-5(4-12-7)2-3-6(8)11/h2-4H,1H3,(H2,8,11)(H,9,10)/b3-2+. The summed E-state index contributed by atoms with van der Waals surface area (Å²) in [7, 11) is 1.79. The lowest BCUT2D eigenvalue weighted by Crippen LogP contribution is -2.05. The molecule has 0 spiro atoms. The number of carbonyl (C=O) groups excluding carboxylic acids is 1. The van der Waals surface area contributed by atoms with Crippen molar-refractivity contribution < 1.29 is 4.79 Å². The van der Waals surface area contributed by atoms with E-state index in [0.29, 0.717) is 0 Å². The lowest BCUT2D eigenvalue weighted by atomic mass is 10.4. The minimum absolute atomic E-state index is 0.464. The SMILES string of the molecule is CNc1nc(/C=C/C(N)=O)cs1. The van der Waals surface area contributed by atoms with E-state index in [1.54, 1.807) is 13.1 Å². The van der Waals surface area contributed by atoms with Gasteiger partial charge in [0.25, 0.3) is 0 Å². The monoisotopic (exact) mass is 183 g/mol. The zero-order valence-corrected chi connectivity index (χ0v) is 7.39. The Bertz CT molecular complexity index is 305. The van der Waals surface area contributed by atoms with Crippen LogP contribution in [0.4, 0.5) is 5.13 Å². The van der Waals surface area contributed by atoms with Crippen LogP contribution < -0.4 is 11.1 Å². The third-order valence-corrected chi connectivity index (χ3v) is 2.03. The van der Waals surface area contributed by atoms with Gasteiger partial charge in [0.2, 0.25) is 5.91 Å². The number of nitrogens with two attached hydrogens (primary N) is 1. The number of nitrogens with zero attached hydrogens (tertiary/aromatic N) is 1. The second-order valence-electron chi connectivity index (χ2n) is 2.06.